The van der Waals surface area contributed by atoms with Crippen LogP contribution in [0.1, 0.15) is 6.92 Å². The Bertz CT molecular complexity index is 101. The Hall–Kier alpha value is -0.540. The molecule has 0 aliphatic heterocycles. The molecule has 0 aromatic heterocycles. The molecule has 60 valence electrons. The second-order valence-corrected chi connectivity index (χ2v) is 2.12. The highest BCUT2D eigenvalue weighted by molar-refractivity contribution is 4.74. The molecule has 0 aliphatic rings. The van der Waals surface area contributed by atoms with Crippen molar-refractivity contribution in [2.45, 2.75) is 13.0 Å². The largest absolute Gasteiger partial charge is 0.496 e. The lowest BCUT2D eigenvalue weighted by Crippen LogP contribution is -2.20. The summed E-state index contributed by atoms with van der Waals surface area (Å²) in [5, 5.41) is 9.01. The maximum Gasteiger partial charge on any atom is 0.116 e. The van der Waals surface area contributed by atoms with Gasteiger partial charge in [-0.1, -0.05) is 6.58 Å². The van der Waals surface area contributed by atoms with Gasteiger partial charge in [0.15, 0.2) is 0 Å². The molecule has 0 radical (unpaired) electrons. The molecule has 1 unspecified atom stereocenters. The molecule has 1 N–H and O–H groups in total. The molecule has 3 nitrogen and oxygen atoms in total. The van der Waals surface area contributed by atoms with E-state index in [1.54, 1.807) is 6.92 Å². The van der Waals surface area contributed by atoms with Gasteiger partial charge in [-0.05, 0) is 6.92 Å². The number of allylic oxidation sites excluding steroid dienone is 1. The summed E-state index contributed by atoms with van der Waals surface area (Å²) in [5.41, 5.74) is 0. The van der Waals surface area contributed by atoms with Gasteiger partial charge >= 0.3 is 0 Å². The molecule has 10 heavy (non-hydrogen) atoms. The fraction of sp³-hybridized carbons (Fsp3) is 0.714. The Balaban J connectivity index is 3.21. The summed E-state index contributed by atoms with van der Waals surface area (Å²) in [6.07, 6.45) is -0.554. The molecule has 0 aromatic rings. The summed E-state index contributed by atoms with van der Waals surface area (Å²) >= 11 is 0. The molecule has 0 rings (SSSR count). The molecule has 0 saturated heterocycles. The fourth-order valence-corrected chi connectivity index (χ4v) is 0.479. The van der Waals surface area contributed by atoms with Gasteiger partial charge in [-0.3, -0.25) is 0 Å². The van der Waals surface area contributed by atoms with Crippen molar-refractivity contribution in [2.24, 2.45) is 0 Å². The molecule has 0 saturated carbocycles. The van der Waals surface area contributed by atoms with Crippen LogP contribution in [0.4, 0.5) is 0 Å². The van der Waals surface area contributed by atoms with Crippen molar-refractivity contribution >= 4 is 0 Å². The van der Waals surface area contributed by atoms with Crippen LogP contribution in [-0.2, 0) is 9.47 Å². The lowest BCUT2D eigenvalue weighted by Gasteiger charge is -2.10. The number of methoxy groups -OCH3 is 1. The van der Waals surface area contributed by atoms with Gasteiger partial charge in [0.25, 0.3) is 0 Å². The Labute approximate surface area is 61.3 Å². The van der Waals surface area contributed by atoms with Crippen LogP contribution in [-0.4, -0.2) is 31.5 Å². The minimum Gasteiger partial charge on any atom is -0.496 e. The predicted molar refractivity (Wildman–Crippen MR) is 38.6 cm³/mol. The molecular formula is C7H14O3. The number of ether oxygens (including phenoxy) is 2. The quantitative estimate of drug-likeness (QED) is 0.575. The van der Waals surface area contributed by atoms with E-state index >= 15 is 0 Å². The van der Waals surface area contributed by atoms with E-state index in [4.69, 9.17) is 9.84 Å². The van der Waals surface area contributed by atoms with E-state index in [2.05, 4.69) is 11.3 Å². The second-order valence-electron chi connectivity index (χ2n) is 2.12. The summed E-state index contributed by atoms with van der Waals surface area (Å²) < 4.78 is 9.61. The van der Waals surface area contributed by atoms with Gasteiger partial charge in [0.05, 0.1) is 12.4 Å². The number of aliphatic hydroxyl groups excluding tert-OH is 1. The third kappa shape index (κ3) is 5.59. The molecule has 0 spiro atoms. The third-order valence-corrected chi connectivity index (χ3v) is 0.881. The van der Waals surface area contributed by atoms with E-state index in [1.165, 1.54) is 7.11 Å². The molecular weight excluding hydrogens is 132 g/mol. The summed E-state index contributed by atoms with van der Waals surface area (Å²) in [5.74, 6) is 0.607. The van der Waals surface area contributed by atoms with Crippen molar-refractivity contribution in [3.8, 4) is 0 Å². The highest BCUT2D eigenvalue weighted by atomic mass is 16.5. The first-order valence-electron chi connectivity index (χ1n) is 3.12. The number of hydrogen-bond donors (Lipinski definition) is 1. The fourth-order valence-electron chi connectivity index (χ4n) is 0.479. The van der Waals surface area contributed by atoms with E-state index in [0.717, 1.165) is 0 Å². The molecule has 0 bridgehead atoms. The summed E-state index contributed by atoms with van der Waals surface area (Å²) in [6.45, 7) is 5.80. The minimum absolute atomic E-state index is 0.253. The van der Waals surface area contributed by atoms with Gasteiger partial charge in [0, 0.05) is 7.11 Å². The zero-order valence-corrected chi connectivity index (χ0v) is 6.46. The van der Waals surface area contributed by atoms with Crippen LogP contribution in [0, 0.1) is 0 Å². The maximum atomic E-state index is 9.01. The lowest BCUT2D eigenvalue weighted by atomic mass is 10.4. The first-order valence-corrected chi connectivity index (χ1v) is 3.12. The van der Waals surface area contributed by atoms with Crippen molar-refractivity contribution in [1.29, 1.82) is 0 Å². The van der Waals surface area contributed by atoms with Crippen molar-refractivity contribution in [3.63, 3.8) is 0 Å². The van der Waals surface area contributed by atoms with E-state index < -0.39 is 6.10 Å². The van der Waals surface area contributed by atoms with Crippen LogP contribution in [0.5, 0.6) is 0 Å². The van der Waals surface area contributed by atoms with E-state index in [0.29, 0.717) is 12.4 Å². The first kappa shape index (κ1) is 9.46. The third-order valence-electron chi connectivity index (χ3n) is 0.881. The van der Waals surface area contributed by atoms with Crippen molar-refractivity contribution in [1.82, 2.24) is 0 Å². The van der Waals surface area contributed by atoms with Crippen LogP contribution in [0.2, 0.25) is 0 Å². The van der Waals surface area contributed by atoms with Crippen molar-refractivity contribution in [2.75, 3.05) is 20.3 Å². The van der Waals surface area contributed by atoms with Gasteiger partial charge in [0.1, 0.15) is 12.7 Å². The highest BCUT2D eigenvalue weighted by Crippen LogP contribution is 1.93. The standard InChI is InChI=1S/C7H14O3/c1-6(2)10-5-7(8)4-9-3/h7-8H,1,4-5H2,2-3H3. The average molecular weight is 146 g/mol. The smallest absolute Gasteiger partial charge is 0.116 e. The van der Waals surface area contributed by atoms with Crippen LogP contribution in [0.25, 0.3) is 0 Å². The van der Waals surface area contributed by atoms with E-state index in [-0.39, 0.29) is 6.61 Å². The SMILES string of the molecule is C=C(C)OCC(O)COC. The Kier molecular flexibility index (Phi) is 4.98. The van der Waals surface area contributed by atoms with E-state index in [9.17, 15) is 0 Å². The molecule has 0 heterocycles. The van der Waals surface area contributed by atoms with Gasteiger partial charge in [0.2, 0.25) is 0 Å². The van der Waals surface area contributed by atoms with Gasteiger partial charge in [-0.25, -0.2) is 0 Å². The van der Waals surface area contributed by atoms with Gasteiger partial charge in [-0.2, -0.15) is 0 Å². The topological polar surface area (TPSA) is 38.7 Å². The number of rotatable bonds is 5. The first-order chi connectivity index (χ1) is 4.66. The minimum atomic E-state index is -0.554. The van der Waals surface area contributed by atoms with Gasteiger partial charge in [-0.15, -0.1) is 0 Å². The monoisotopic (exact) mass is 146 g/mol. The molecule has 0 aliphatic carbocycles. The Morgan fingerprint density at radius 1 is 1.60 bits per heavy atom. The number of hydrogen-bond acceptors (Lipinski definition) is 3. The lowest BCUT2D eigenvalue weighted by molar-refractivity contribution is 0.0144. The van der Waals surface area contributed by atoms with Crippen LogP contribution in [0.3, 0.4) is 0 Å². The Morgan fingerprint density at radius 2 is 2.20 bits per heavy atom. The summed E-state index contributed by atoms with van der Waals surface area (Å²) in [7, 11) is 1.53. The molecule has 0 aromatic carbocycles. The molecule has 3 heteroatoms. The predicted octanol–water partition coefficient (Wildman–Crippen LogP) is 0.544. The maximum absolute atomic E-state index is 9.01. The number of aliphatic hydroxyl groups is 1. The van der Waals surface area contributed by atoms with Crippen LogP contribution >= 0.6 is 0 Å². The van der Waals surface area contributed by atoms with Crippen molar-refractivity contribution < 1.29 is 14.6 Å². The van der Waals surface area contributed by atoms with Crippen molar-refractivity contribution in [3.05, 3.63) is 12.3 Å². The zero-order chi connectivity index (χ0) is 7.98. The molecule has 0 fully saturated rings. The Morgan fingerprint density at radius 3 is 2.60 bits per heavy atom. The molecule has 1 atom stereocenters. The highest BCUT2D eigenvalue weighted by Gasteiger charge is 2.02. The summed E-state index contributed by atoms with van der Waals surface area (Å²) in [6, 6.07) is 0. The second kappa shape index (κ2) is 5.26. The summed E-state index contributed by atoms with van der Waals surface area (Å²) in [4.78, 5) is 0. The molecule has 0 amide bonds. The van der Waals surface area contributed by atoms with E-state index in [1.807, 2.05) is 0 Å². The average Bonchev–Trinajstić information content (AvgIpc) is 1.85. The van der Waals surface area contributed by atoms with Crippen LogP contribution in [0.15, 0.2) is 12.3 Å². The van der Waals surface area contributed by atoms with Crippen LogP contribution < -0.4 is 0 Å². The zero-order valence-electron chi connectivity index (χ0n) is 6.46. The normalized spacial score (nSPS) is 12.7. The van der Waals surface area contributed by atoms with Gasteiger partial charge < -0.3 is 14.6 Å².